The molecule has 12 heteroatoms. The van der Waals surface area contributed by atoms with Gasteiger partial charge in [-0.25, -0.2) is 9.61 Å². The van der Waals surface area contributed by atoms with Gasteiger partial charge in [0.2, 0.25) is 0 Å². The number of halogens is 1. The van der Waals surface area contributed by atoms with E-state index in [-0.39, 0.29) is 43.0 Å². The molecule has 0 aliphatic carbocycles. The minimum atomic E-state index is -0.566. The van der Waals surface area contributed by atoms with Crippen molar-refractivity contribution in [3.63, 3.8) is 0 Å². The molecule has 1 aromatic carbocycles. The lowest BCUT2D eigenvalue weighted by Crippen LogP contribution is -2.39. The number of benzene rings is 1. The Morgan fingerprint density at radius 1 is 1.25 bits per heavy atom. The molecule has 1 atom stereocenters. The lowest BCUT2D eigenvalue weighted by Gasteiger charge is -2.12. The van der Waals surface area contributed by atoms with Crippen molar-refractivity contribution in [1.29, 1.82) is 0 Å². The number of aliphatic hydroxyl groups is 1. The van der Waals surface area contributed by atoms with E-state index in [2.05, 4.69) is 20.6 Å². The number of rotatable bonds is 7. The molecule has 1 amide bonds. The molecule has 0 aliphatic rings. The highest BCUT2D eigenvalue weighted by atomic mass is 35.5. The van der Waals surface area contributed by atoms with Crippen LogP contribution in [0.1, 0.15) is 17.3 Å². The molecule has 0 saturated heterocycles. The summed E-state index contributed by atoms with van der Waals surface area (Å²) < 4.78 is 6.57. The first kappa shape index (κ1) is 23.1. The Morgan fingerprint density at radius 2 is 2.00 bits per heavy atom. The Kier molecular flexibility index (Phi) is 7.03. The van der Waals surface area contributed by atoms with Gasteiger partial charge in [-0.2, -0.15) is 0 Å². The van der Waals surface area contributed by atoms with E-state index in [1.807, 2.05) is 41.8 Å². The Hall–Kier alpha value is -3.54. The average molecular weight is 459 g/mol. The van der Waals surface area contributed by atoms with E-state index >= 15 is 0 Å². The zero-order valence-electron chi connectivity index (χ0n) is 17.2. The molecule has 0 bridgehead atoms. The fourth-order valence-electron chi connectivity index (χ4n) is 3.34. The van der Waals surface area contributed by atoms with Crippen LogP contribution >= 0.6 is 12.4 Å². The summed E-state index contributed by atoms with van der Waals surface area (Å²) in [6.07, 6.45) is 1.51. The van der Waals surface area contributed by atoms with Crippen molar-refractivity contribution in [2.24, 2.45) is 5.73 Å². The smallest absolute Gasteiger partial charge is 0.255 e. The molecule has 0 fully saturated rings. The maximum Gasteiger partial charge on any atom is 0.255 e. The molecular formula is C20H23ClN8O3. The van der Waals surface area contributed by atoms with Crippen LogP contribution in [0.15, 0.2) is 41.2 Å². The molecule has 6 N–H and O–H groups in total. The summed E-state index contributed by atoms with van der Waals surface area (Å²) in [5.74, 6) is 0.134. The van der Waals surface area contributed by atoms with Crippen LogP contribution in [0.25, 0.3) is 33.8 Å². The van der Waals surface area contributed by atoms with Gasteiger partial charge < -0.3 is 26.5 Å². The summed E-state index contributed by atoms with van der Waals surface area (Å²) in [5.41, 5.74) is 14.8. The first-order valence-corrected chi connectivity index (χ1v) is 9.72. The van der Waals surface area contributed by atoms with Gasteiger partial charge in [0.1, 0.15) is 5.52 Å². The summed E-state index contributed by atoms with van der Waals surface area (Å²) in [7, 11) is 0. The highest BCUT2D eigenvalue weighted by Crippen LogP contribution is 2.33. The zero-order chi connectivity index (χ0) is 22.0. The number of fused-ring (bicyclic) bond motifs is 1. The van der Waals surface area contributed by atoms with Crippen LogP contribution in [0.3, 0.4) is 0 Å². The predicted octanol–water partition coefficient (Wildman–Crippen LogP) is 1.22. The van der Waals surface area contributed by atoms with Crippen molar-refractivity contribution >= 4 is 35.2 Å². The van der Waals surface area contributed by atoms with Gasteiger partial charge >= 0.3 is 0 Å². The SMILES string of the molecule is CCn1c(-c2nonc2N)nc2c(-c3ccccc3)ncc(C(=O)NCC(N)CO)c21.Cl. The van der Waals surface area contributed by atoms with Crippen LogP contribution in [-0.4, -0.2) is 55.1 Å². The maximum absolute atomic E-state index is 13.0. The van der Waals surface area contributed by atoms with Crippen molar-refractivity contribution in [1.82, 2.24) is 30.2 Å². The maximum atomic E-state index is 13.0. The van der Waals surface area contributed by atoms with Crippen LogP contribution in [0, 0.1) is 0 Å². The second kappa shape index (κ2) is 9.73. The van der Waals surface area contributed by atoms with Gasteiger partial charge in [-0.15, -0.1) is 12.4 Å². The number of hydrogen-bond acceptors (Lipinski definition) is 9. The molecule has 3 aromatic heterocycles. The van der Waals surface area contributed by atoms with Gasteiger partial charge in [0.15, 0.2) is 17.3 Å². The topological polar surface area (TPSA) is 171 Å². The third-order valence-electron chi connectivity index (χ3n) is 4.86. The van der Waals surface area contributed by atoms with Crippen molar-refractivity contribution in [2.45, 2.75) is 19.5 Å². The number of pyridine rings is 1. The summed E-state index contributed by atoms with van der Waals surface area (Å²) >= 11 is 0. The highest BCUT2D eigenvalue weighted by Gasteiger charge is 2.25. The minimum Gasteiger partial charge on any atom is -0.395 e. The molecule has 11 nitrogen and oxygen atoms in total. The number of amides is 1. The number of nitrogens with two attached hydrogens (primary N) is 2. The number of aliphatic hydroxyl groups excluding tert-OH is 1. The quantitative estimate of drug-likeness (QED) is 0.317. The number of hydrogen-bond donors (Lipinski definition) is 4. The Labute approximate surface area is 189 Å². The Bertz CT molecular complexity index is 1220. The predicted molar refractivity (Wildman–Crippen MR) is 121 cm³/mol. The van der Waals surface area contributed by atoms with E-state index in [1.54, 1.807) is 0 Å². The fourth-order valence-corrected chi connectivity index (χ4v) is 3.34. The second-order valence-corrected chi connectivity index (χ2v) is 6.91. The number of aryl methyl sites for hydroxylation is 1. The van der Waals surface area contributed by atoms with Crippen LogP contribution < -0.4 is 16.8 Å². The third kappa shape index (κ3) is 4.13. The van der Waals surface area contributed by atoms with E-state index in [1.165, 1.54) is 6.20 Å². The number of nitrogens with zero attached hydrogens (tertiary/aromatic N) is 5. The highest BCUT2D eigenvalue weighted by molar-refractivity contribution is 6.08. The molecule has 1 unspecified atom stereocenters. The Morgan fingerprint density at radius 3 is 2.62 bits per heavy atom. The molecule has 0 radical (unpaired) electrons. The standard InChI is InChI=1S/C20H22N8O3.ClH/c1-2-28-17-13(20(30)24-8-12(21)10-29)9-23-14(11-6-4-3-5-7-11)15(17)25-19(28)16-18(22)27-31-26-16;/h3-7,9,12,29H,2,8,10,21H2,1H3,(H2,22,27)(H,24,30);1H. The van der Waals surface area contributed by atoms with Crippen molar-refractivity contribution in [3.8, 4) is 22.8 Å². The molecule has 3 heterocycles. The van der Waals surface area contributed by atoms with Gasteiger partial charge in [0, 0.05) is 30.9 Å². The number of imidazole rings is 1. The lowest BCUT2D eigenvalue weighted by molar-refractivity contribution is 0.0949. The molecule has 4 aromatic rings. The molecular weight excluding hydrogens is 436 g/mol. The number of aromatic nitrogens is 5. The second-order valence-electron chi connectivity index (χ2n) is 6.91. The van der Waals surface area contributed by atoms with Gasteiger partial charge in [-0.1, -0.05) is 30.3 Å². The normalized spacial score (nSPS) is 11.8. The number of nitrogens with one attached hydrogen (secondary N) is 1. The van der Waals surface area contributed by atoms with E-state index in [0.29, 0.717) is 34.7 Å². The Balaban J connectivity index is 0.00000289. The first-order chi connectivity index (χ1) is 15.0. The van der Waals surface area contributed by atoms with E-state index < -0.39 is 6.04 Å². The molecule has 4 rings (SSSR count). The number of anilines is 1. The van der Waals surface area contributed by atoms with E-state index in [4.69, 9.17) is 26.2 Å². The largest absolute Gasteiger partial charge is 0.395 e. The summed E-state index contributed by atoms with van der Waals surface area (Å²) in [6, 6.07) is 8.97. The van der Waals surface area contributed by atoms with Gasteiger partial charge in [0.05, 0.1) is 23.4 Å². The van der Waals surface area contributed by atoms with Crippen molar-refractivity contribution in [3.05, 3.63) is 42.1 Å². The van der Waals surface area contributed by atoms with E-state index in [0.717, 1.165) is 5.56 Å². The zero-order valence-corrected chi connectivity index (χ0v) is 18.0. The van der Waals surface area contributed by atoms with Crippen molar-refractivity contribution < 1.29 is 14.5 Å². The third-order valence-corrected chi connectivity index (χ3v) is 4.86. The summed E-state index contributed by atoms with van der Waals surface area (Å²) in [6.45, 7) is 2.27. The van der Waals surface area contributed by atoms with E-state index in [9.17, 15) is 4.79 Å². The summed E-state index contributed by atoms with van der Waals surface area (Å²) in [4.78, 5) is 22.2. The first-order valence-electron chi connectivity index (χ1n) is 9.72. The molecule has 168 valence electrons. The number of carbonyl (C=O) groups excluding carboxylic acids is 1. The number of nitrogen functional groups attached to an aromatic ring is 1. The molecule has 0 aliphatic heterocycles. The van der Waals surface area contributed by atoms with Gasteiger partial charge in [-0.3, -0.25) is 9.78 Å². The molecule has 32 heavy (non-hydrogen) atoms. The van der Waals surface area contributed by atoms with Crippen molar-refractivity contribution in [2.75, 3.05) is 18.9 Å². The minimum absolute atomic E-state index is 0. The average Bonchev–Trinajstić information content (AvgIpc) is 3.39. The van der Waals surface area contributed by atoms with Crippen LogP contribution in [0.2, 0.25) is 0 Å². The lowest BCUT2D eigenvalue weighted by atomic mass is 10.1. The van der Waals surface area contributed by atoms with Gasteiger partial charge in [0.25, 0.3) is 5.91 Å². The molecule has 0 saturated carbocycles. The van der Waals surface area contributed by atoms with Crippen LogP contribution in [0.5, 0.6) is 0 Å². The summed E-state index contributed by atoms with van der Waals surface area (Å²) in [5, 5.41) is 19.4. The van der Waals surface area contributed by atoms with Crippen LogP contribution in [0.4, 0.5) is 5.82 Å². The van der Waals surface area contributed by atoms with Gasteiger partial charge in [-0.05, 0) is 17.2 Å². The monoisotopic (exact) mass is 458 g/mol. The molecule has 0 spiro atoms. The van der Waals surface area contributed by atoms with Crippen LogP contribution in [-0.2, 0) is 6.54 Å². The number of carbonyl (C=O) groups is 1. The fraction of sp³-hybridized carbons (Fsp3) is 0.250.